The molecule has 1 aromatic rings. The highest BCUT2D eigenvalue weighted by molar-refractivity contribution is 6.35. The van der Waals surface area contributed by atoms with Crippen molar-refractivity contribution in [3.63, 3.8) is 0 Å². The fourth-order valence-corrected chi connectivity index (χ4v) is 6.07. The number of amides is 2. The molecule has 0 N–H and O–H groups in total. The van der Waals surface area contributed by atoms with Gasteiger partial charge in [-0.1, -0.05) is 43.2 Å². The highest BCUT2D eigenvalue weighted by atomic mass is 16.2. The van der Waals surface area contributed by atoms with Gasteiger partial charge in [0.2, 0.25) is 0 Å². The van der Waals surface area contributed by atoms with Crippen LogP contribution in [0.5, 0.6) is 0 Å². The topological polar surface area (TPSA) is 40.6 Å². The second-order valence-electron chi connectivity index (χ2n) is 8.84. The minimum absolute atomic E-state index is 0.248. The number of hydrogen-bond acceptors (Lipinski definition) is 2. The van der Waals surface area contributed by atoms with Crippen molar-refractivity contribution in [2.75, 3.05) is 19.6 Å². The Morgan fingerprint density at radius 2 is 1.60 bits per heavy atom. The Morgan fingerprint density at radius 1 is 0.920 bits per heavy atom. The van der Waals surface area contributed by atoms with Gasteiger partial charge in [0.15, 0.2) is 0 Å². The molecule has 4 heteroatoms. The Labute approximate surface area is 149 Å². The van der Waals surface area contributed by atoms with Crippen LogP contribution in [0.15, 0.2) is 30.3 Å². The first-order chi connectivity index (χ1) is 12.1. The summed E-state index contributed by atoms with van der Waals surface area (Å²) in [5.41, 5.74) is 2.09. The van der Waals surface area contributed by atoms with Crippen molar-refractivity contribution in [3.05, 3.63) is 35.9 Å². The molecule has 5 aliphatic rings. The molecule has 4 nitrogen and oxygen atoms in total. The van der Waals surface area contributed by atoms with E-state index in [0.717, 1.165) is 32.5 Å². The van der Waals surface area contributed by atoms with Crippen molar-refractivity contribution in [2.24, 2.45) is 5.41 Å². The average Bonchev–Trinajstić information content (AvgIpc) is 3.08. The SMILES string of the molecule is O=C1C(=O)N(C2CCCC2)CCN1CC12CC(c3ccccc3)(C1)C2. The van der Waals surface area contributed by atoms with Crippen LogP contribution >= 0.6 is 0 Å². The van der Waals surface area contributed by atoms with E-state index in [1.54, 1.807) is 0 Å². The molecule has 2 bridgehead atoms. The van der Waals surface area contributed by atoms with Crippen LogP contribution < -0.4 is 0 Å². The van der Waals surface area contributed by atoms with Crippen molar-refractivity contribution in [3.8, 4) is 0 Å². The molecule has 0 unspecified atom stereocenters. The molecule has 1 saturated heterocycles. The molecule has 0 spiro atoms. The summed E-state index contributed by atoms with van der Waals surface area (Å²) in [5, 5.41) is 0. The lowest BCUT2D eigenvalue weighted by Gasteiger charge is -2.72. The van der Waals surface area contributed by atoms with Gasteiger partial charge >= 0.3 is 11.8 Å². The normalized spacial score (nSPS) is 34.9. The number of carbonyl (C=O) groups is 2. The fourth-order valence-electron chi connectivity index (χ4n) is 6.07. The van der Waals surface area contributed by atoms with Crippen LogP contribution in [0.1, 0.15) is 50.5 Å². The number of rotatable bonds is 4. The standard InChI is InChI=1S/C21H26N2O2/c24-18-19(25)23(17-8-4-5-9-17)11-10-22(18)15-20-12-21(13-20,14-20)16-6-2-1-3-7-16/h1-3,6-7,17H,4-5,8-15H2. The maximum absolute atomic E-state index is 12.6. The van der Waals surface area contributed by atoms with Crippen molar-refractivity contribution in [2.45, 2.75) is 56.4 Å². The predicted molar refractivity (Wildman–Crippen MR) is 95.0 cm³/mol. The molecule has 2 amide bonds. The zero-order chi connectivity index (χ0) is 17.1. The van der Waals surface area contributed by atoms with E-state index in [0.29, 0.717) is 11.5 Å². The molecule has 4 saturated carbocycles. The zero-order valence-electron chi connectivity index (χ0n) is 14.7. The van der Waals surface area contributed by atoms with Gasteiger partial charge < -0.3 is 9.80 Å². The number of benzene rings is 1. The second-order valence-corrected chi connectivity index (χ2v) is 8.84. The molecule has 0 radical (unpaired) electrons. The molecule has 0 aromatic heterocycles. The van der Waals surface area contributed by atoms with Crippen molar-refractivity contribution < 1.29 is 9.59 Å². The lowest BCUT2D eigenvalue weighted by molar-refractivity contribution is -0.176. The second kappa shape index (κ2) is 5.33. The molecule has 1 heterocycles. The van der Waals surface area contributed by atoms with Gasteiger partial charge in [0, 0.05) is 25.7 Å². The van der Waals surface area contributed by atoms with E-state index in [2.05, 4.69) is 30.3 Å². The van der Waals surface area contributed by atoms with Crippen LogP contribution in [-0.2, 0) is 15.0 Å². The Bertz CT molecular complexity index is 688. The third-order valence-electron chi connectivity index (χ3n) is 7.16. The molecular formula is C21H26N2O2. The molecule has 132 valence electrons. The number of piperazine rings is 1. The average molecular weight is 338 g/mol. The summed E-state index contributed by atoms with van der Waals surface area (Å²) in [6, 6.07) is 11.1. The maximum atomic E-state index is 12.6. The molecule has 5 fully saturated rings. The minimum Gasteiger partial charge on any atom is -0.332 e. The summed E-state index contributed by atoms with van der Waals surface area (Å²) in [6.07, 6.45) is 8.05. The molecule has 25 heavy (non-hydrogen) atoms. The molecule has 0 atom stereocenters. The van der Waals surface area contributed by atoms with Crippen molar-refractivity contribution >= 4 is 11.8 Å². The Kier molecular flexibility index (Phi) is 3.28. The third kappa shape index (κ3) is 2.26. The smallest absolute Gasteiger partial charge is 0.312 e. The first kappa shape index (κ1) is 15.4. The zero-order valence-corrected chi connectivity index (χ0v) is 14.7. The quantitative estimate of drug-likeness (QED) is 0.792. The summed E-state index contributed by atoms with van der Waals surface area (Å²) >= 11 is 0. The van der Waals surface area contributed by atoms with E-state index in [1.807, 2.05) is 9.80 Å². The van der Waals surface area contributed by atoms with Gasteiger partial charge in [0.25, 0.3) is 0 Å². The number of nitrogens with zero attached hydrogens (tertiary/aromatic N) is 2. The van der Waals surface area contributed by atoms with Gasteiger partial charge in [0.1, 0.15) is 0 Å². The van der Waals surface area contributed by atoms with Crippen LogP contribution in [0.3, 0.4) is 0 Å². The monoisotopic (exact) mass is 338 g/mol. The predicted octanol–water partition coefficient (Wildman–Crippen LogP) is 2.72. The Balaban J connectivity index is 1.21. The van der Waals surface area contributed by atoms with Gasteiger partial charge in [-0.3, -0.25) is 9.59 Å². The fraction of sp³-hybridized carbons (Fsp3) is 0.619. The van der Waals surface area contributed by atoms with Crippen molar-refractivity contribution in [1.29, 1.82) is 0 Å². The van der Waals surface area contributed by atoms with E-state index >= 15 is 0 Å². The first-order valence-electron chi connectivity index (χ1n) is 9.76. The molecule has 6 rings (SSSR count). The van der Waals surface area contributed by atoms with E-state index in [4.69, 9.17) is 0 Å². The maximum Gasteiger partial charge on any atom is 0.312 e. The summed E-state index contributed by atoms with van der Waals surface area (Å²) in [7, 11) is 0. The Hall–Kier alpha value is -1.84. The summed E-state index contributed by atoms with van der Waals surface area (Å²) in [5.74, 6) is -0.501. The summed E-state index contributed by atoms with van der Waals surface area (Å²) in [4.78, 5) is 28.9. The van der Waals surface area contributed by atoms with E-state index < -0.39 is 0 Å². The van der Waals surface area contributed by atoms with Crippen LogP contribution in [-0.4, -0.2) is 47.3 Å². The van der Waals surface area contributed by atoms with Crippen LogP contribution in [0.2, 0.25) is 0 Å². The van der Waals surface area contributed by atoms with E-state index in [1.165, 1.54) is 37.7 Å². The molecule has 1 aliphatic heterocycles. The first-order valence-corrected chi connectivity index (χ1v) is 9.76. The molecule has 4 aliphatic carbocycles. The number of hydrogen-bond donors (Lipinski definition) is 0. The van der Waals surface area contributed by atoms with Crippen molar-refractivity contribution in [1.82, 2.24) is 9.80 Å². The highest BCUT2D eigenvalue weighted by Crippen LogP contribution is 2.73. The van der Waals surface area contributed by atoms with E-state index in [9.17, 15) is 9.59 Å². The highest BCUT2D eigenvalue weighted by Gasteiger charge is 2.68. The lowest BCUT2D eigenvalue weighted by atomic mass is 9.33. The number of carbonyl (C=O) groups excluding carboxylic acids is 2. The van der Waals surface area contributed by atoms with E-state index in [-0.39, 0.29) is 17.2 Å². The summed E-state index contributed by atoms with van der Waals surface area (Å²) < 4.78 is 0. The van der Waals surface area contributed by atoms with Gasteiger partial charge in [0.05, 0.1) is 0 Å². The van der Waals surface area contributed by atoms with Crippen LogP contribution in [0.25, 0.3) is 0 Å². The van der Waals surface area contributed by atoms with Crippen LogP contribution in [0, 0.1) is 5.41 Å². The summed E-state index contributed by atoms with van der Waals surface area (Å²) in [6.45, 7) is 2.24. The van der Waals surface area contributed by atoms with Crippen LogP contribution in [0.4, 0.5) is 0 Å². The Morgan fingerprint density at radius 3 is 2.28 bits per heavy atom. The molecule has 1 aromatic carbocycles. The van der Waals surface area contributed by atoms with Gasteiger partial charge in [-0.2, -0.15) is 0 Å². The third-order valence-corrected chi connectivity index (χ3v) is 7.16. The van der Waals surface area contributed by atoms with Gasteiger partial charge in [-0.15, -0.1) is 0 Å². The van der Waals surface area contributed by atoms with Gasteiger partial charge in [-0.25, -0.2) is 0 Å². The largest absolute Gasteiger partial charge is 0.332 e. The van der Waals surface area contributed by atoms with Gasteiger partial charge in [-0.05, 0) is 48.5 Å². The molecular weight excluding hydrogens is 312 g/mol. The lowest BCUT2D eigenvalue weighted by Crippen LogP contribution is -2.70. The minimum atomic E-state index is -0.253.